The minimum atomic E-state index is -0.279. The summed E-state index contributed by atoms with van der Waals surface area (Å²) < 4.78 is 5.87. The zero-order valence-electron chi connectivity index (χ0n) is 14.7. The standard InChI is InChI=1S/C21H17Cl3N2O2/c22-15-10-17(24)19(11-16(15)23)26-21(27)12-25-18-8-4-5-9-20(18)28-13-14-6-2-1-3-7-14/h1-11,25H,12-13H2,(H,26,27). The van der Waals surface area contributed by atoms with Crippen molar-refractivity contribution in [2.45, 2.75) is 6.61 Å². The summed E-state index contributed by atoms with van der Waals surface area (Å²) in [5, 5.41) is 6.74. The van der Waals surface area contributed by atoms with Gasteiger partial charge in [-0.3, -0.25) is 4.79 Å². The molecule has 0 aliphatic heterocycles. The van der Waals surface area contributed by atoms with E-state index in [0.717, 1.165) is 5.56 Å². The van der Waals surface area contributed by atoms with E-state index in [4.69, 9.17) is 39.5 Å². The van der Waals surface area contributed by atoms with Crippen LogP contribution in [0.5, 0.6) is 5.75 Å². The summed E-state index contributed by atoms with van der Waals surface area (Å²) in [7, 11) is 0. The molecule has 144 valence electrons. The van der Waals surface area contributed by atoms with E-state index < -0.39 is 0 Å². The van der Waals surface area contributed by atoms with Crippen LogP contribution in [-0.2, 0) is 11.4 Å². The van der Waals surface area contributed by atoms with E-state index in [2.05, 4.69) is 10.6 Å². The summed E-state index contributed by atoms with van der Waals surface area (Å²) in [6.45, 7) is 0.465. The lowest BCUT2D eigenvalue weighted by atomic mass is 10.2. The van der Waals surface area contributed by atoms with Gasteiger partial charge in [0.2, 0.25) is 5.91 Å². The molecule has 7 heteroatoms. The molecular formula is C21H17Cl3N2O2. The fourth-order valence-electron chi connectivity index (χ4n) is 2.46. The van der Waals surface area contributed by atoms with Crippen LogP contribution < -0.4 is 15.4 Å². The Labute approximate surface area is 178 Å². The van der Waals surface area contributed by atoms with Crippen molar-refractivity contribution in [3.05, 3.63) is 87.4 Å². The second kappa shape index (κ2) is 9.69. The van der Waals surface area contributed by atoms with Gasteiger partial charge in [-0.25, -0.2) is 0 Å². The van der Waals surface area contributed by atoms with Gasteiger partial charge in [0, 0.05) is 0 Å². The maximum absolute atomic E-state index is 12.3. The Morgan fingerprint density at radius 3 is 2.29 bits per heavy atom. The van der Waals surface area contributed by atoms with Crippen molar-refractivity contribution < 1.29 is 9.53 Å². The quantitative estimate of drug-likeness (QED) is 0.430. The summed E-state index contributed by atoms with van der Waals surface area (Å²) in [5.74, 6) is 0.380. The van der Waals surface area contributed by atoms with E-state index in [1.165, 1.54) is 12.1 Å². The molecule has 28 heavy (non-hydrogen) atoms. The topological polar surface area (TPSA) is 50.4 Å². The Kier molecular flexibility index (Phi) is 7.04. The van der Waals surface area contributed by atoms with Crippen LogP contribution in [-0.4, -0.2) is 12.5 Å². The van der Waals surface area contributed by atoms with Crippen LogP contribution >= 0.6 is 34.8 Å². The Morgan fingerprint density at radius 1 is 0.821 bits per heavy atom. The number of hydrogen-bond acceptors (Lipinski definition) is 3. The summed E-state index contributed by atoms with van der Waals surface area (Å²) in [4.78, 5) is 12.3. The number of carbonyl (C=O) groups is 1. The van der Waals surface area contributed by atoms with Gasteiger partial charge in [-0.15, -0.1) is 0 Å². The monoisotopic (exact) mass is 434 g/mol. The third-order valence-corrected chi connectivity index (χ3v) is 4.88. The van der Waals surface area contributed by atoms with Crippen molar-refractivity contribution in [1.29, 1.82) is 0 Å². The molecule has 0 fully saturated rings. The highest BCUT2D eigenvalue weighted by Crippen LogP contribution is 2.32. The molecule has 0 spiro atoms. The lowest BCUT2D eigenvalue weighted by Crippen LogP contribution is -2.22. The molecule has 0 heterocycles. The number of para-hydroxylation sites is 2. The second-order valence-corrected chi connectivity index (χ2v) is 7.14. The van der Waals surface area contributed by atoms with E-state index in [9.17, 15) is 4.79 Å². The Balaban J connectivity index is 1.60. The van der Waals surface area contributed by atoms with E-state index in [1.54, 1.807) is 0 Å². The fraction of sp³-hybridized carbons (Fsp3) is 0.0952. The van der Waals surface area contributed by atoms with E-state index in [0.29, 0.717) is 38.8 Å². The van der Waals surface area contributed by atoms with Crippen LogP contribution in [0.3, 0.4) is 0 Å². The Hall–Kier alpha value is -2.40. The second-order valence-electron chi connectivity index (χ2n) is 5.92. The Morgan fingerprint density at radius 2 is 1.50 bits per heavy atom. The molecule has 0 aromatic heterocycles. The predicted molar refractivity (Wildman–Crippen MR) is 116 cm³/mol. The Bertz CT molecular complexity index is 965. The highest BCUT2D eigenvalue weighted by Gasteiger charge is 2.10. The summed E-state index contributed by atoms with van der Waals surface area (Å²) in [6, 6.07) is 20.3. The molecule has 0 atom stereocenters. The normalized spacial score (nSPS) is 10.4. The molecule has 0 unspecified atom stereocenters. The number of anilines is 2. The first-order valence-electron chi connectivity index (χ1n) is 8.47. The van der Waals surface area contributed by atoms with Crippen molar-refractivity contribution in [3.8, 4) is 5.75 Å². The number of hydrogen-bond donors (Lipinski definition) is 2. The first-order valence-corrected chi connectivity index (χ1v) is 9.60. The molecule has 0 aliphatic rings. The van der Waals surface area contributed by atoms with Crippen LogP contribution in [0, 0.1) is 0 Å². The van der Waals surface area contributed by atoms with Gasteiger partial charge < -0.3 is 15.4 Å². The minimum absolute atomic E-state index is 0.0300. The molecule has 3 rings (SSSR count). The smallest absolute Gasteiger partial charge is 0.243 e. The number of amides is 1. The molecule has 0 saturated heterocycles. The van der Waals surface area contributed by atoms with Crippen LogP contribution in [0.4, 0.5) is 11.4 Å². The first-order chi connectivity index (χ1) is 13.5. The molecule has 0 bridgehead atoms. The number of ether oxygens (including phenoxy) is 1. The molecule has 3 aromatic carbocycles. The molecule has 4 nitrogen and oxygen atoms in total. The predicted octanol–water partition coefficient (Wildman–Crippen LogP) is 6.28. The number of rotatable bonds is 7. The first kappa shape index (κ1) is 20.3. The van der Waals surface area contributed by atoms with Crippen LogP contribution in [0.15, 0.2) is 66.7 Å². The van der Waals surface area contributed by atoms with Gasteiger partial charge >= 0.3 is 0 Å². The number of carbonyl (C=O) groups excluding carboxylic acids is 1. The summed E-state index contributed by atoms with van der Waals surface area (Å²) >= 11 is 18.0. The van der Waals surface area contributed by atoms with Crippen molar-refractivity contribution in [2.24, 2.45) is 0 Å². The molecule has 0 saturated carbocycles. The number of nitrogens with one attached hydrogen (secondary N) is 2. The van der Waals surface area contributed by atoms with Gasteiger partial charge in [-0.1, -0.05) is 77.3 Å². The molecule has 0 radical (unpaired) electrons. The van der Waals surface area contributed by atoms with E-state index in [1.807, 2.05) is 54.6 Å². The molecule has 1 amide bonds. The van der Waals surface area contributed by atoms with Crippen LogP contribution in [0.2, 0.25) is 15.1 Å². The molecule has 3 aromatic rings. The number of benzene rings is 3. The van der Waals surface area contributed by atoms with Gasteiger partial charge in [0.05, 0.1) is 33.0 Å². The highest BCUT2D eigenvalue weighted by molar-refractivity contribution is 6.44. The number of halogens is 3. The summed E-state index contributed by atoms with van der Waals surface area (Å²) in [5.41, 5.74) is 2.18. The van der Waals surface area contributed by atoms with Gasteiger partial charge in [-0.05, 0) is 29.8 Å². The van der Waals surface area contributed by atoms with Gasteiger partial charge in [0.1, 0.15) is 12.4 Å². The molecule has 0 aliphatic carbocycles. The van der Waals surface area contributed by atoms with E-state index >= 15 is 0 Å². The van der Waals surface area contributed by atoms with Gasteiger partial charge in [0.25, 0.3) is 0 Å². The minimum Gasteiger partial charge on any atom is -0.487 e. The van der Waals surface area contributed by atoms with Crippen molar-refractivity contribution in [3.63, 3.8) is 0 Å². The van der Waals surface area contributed by atoms with Crippen molar-refractivity contribution in [2.75, 3.05) is 17.2 Å². The van der Waals surface area contributed by atoms with Crippen LogP contribution in [0.25, 0.3) is 0 Å². The lowest BCUT2D eigenvalue weighted by Gasteiger charge is -2.14. The van der Waals surface area contributed by atoms with Gasteiger partial charge in [0.15, 0.2) is 0 Å². The van der Waals surface area contributed by atoms with Gasteiger partial charge in [-0.2, -0.15) is 0 Å². The maximum atomic E-state index is 12.3. The SMILES string of the molecule is O=C(CNc1ccccc1OCc1ccccc1)Nc1cc(Cl)c(Cl)cc1Cl. The van der Waals surface area contributed by atoms with Crippen molar-refractivity contribution >= 4 is 52.1 Å². The molecular weight excluding hydrogens is 419 g/mol. The largest absolute Gasteiger partial charge is 0.487 e. The average molecular weight is 436 g/mol. The highest BCUT2D eigenvalue weighted by atomic mass is 35.5. The third-order valence-electron chi connectivity index (χ3n) is 3.85. The fourth-order valence-corrected chi connectivity index (χ4v) is 3.06. The van der Waals surface area contributed by atoms with Crippen LogP contribution in [0.1, 0.15) is 5.56 Å². The zero-order valence-corrected chi connectivity index (χ0v) is 17.0. The molecule has 2 N–H and O–H groups in total. The summed E-state index contributed by atoms with van der Waals surface area (Å²) in [6.07, 6.45) is 0. The average Bonchev–Trinajstić information content (AvgIpc) is 2.70. The lowest BCUT2D eigenvalue weighted by molar-refractivity contribution is -0.114. The maximum Gasteiger partial charge on any atom is 0.243 e. The third kappa shape index (κ3) is 5.55. The van der Waals surface area contributed by atoms with E-state index in [-0.39, 0.29) is 12.5 Å². The van der Waals surface area contributed by atoms with Crippen molar-refractivity contribution in [1.82, 2.24) is 0 Å². The zero-order chi connectivity index (χ0) is 19.9.